The minimum Gasteiger partial charge on any atom is -0.497 e. The molecule has 0 saturated heterocycles. The monoisotopic (exact) mass is 250 g/mol. The summed E-state index contributed by atoms with van der Waals surface area (Å²) in [6, 6.07) is 8.52. The Morgan fingerprint density at radius 2 is 1.83 bits per heavy atom. The molecule has 0 aromatic heterocycles. The van der Waals surface area contributed by atoms with Gasteiger partial charge < -0.3 is 10.5 Å². The highest BCUT2D eigenvalue weighted by Crippen LogP contribution is 2.23. The molecule has 1 unspecified atom stereocenters. The lowest BCUT2D eigenvalue weighted by Crippen LogP contribution is -2.36. The molecule has 0 aliphatic heterocycles. The first kappa shape index (κ1) is 15.0. The molecule has 0 heterocycles. The zero-order valence-corrected chi connectivity index (χ0v) is 12.0. The predicted molar refractivity (Wildman–Crippen MR) is 76.9 cm³/mol. The first-order valence-electron chi connectivity index (χ1n) is 6.70. The molecule has 0 fully saturated rings. The summed E-state index contributed by atoms with van der Waals surface area (Å²) in [6.45, 7) is 9.41. The van der Waals surface area contributed by atoms with E-state index in [1.54, 1.807) is 7.11 Å². The van der Waals surface area contributed by atoms with Crippen LogP contribution in [-0.2, 0) is 0 Å². The Bertz CT molecular complexity index is 335. The third-order valence-electron chi connectivity index (χ3n) is 3.17. The maximum Gasteiger partial charge on any atom is 0.118 e. The lowest BCUT2D eigenvalue weighted by atomic mass is 10.0. The van der Waals surface area contributed by atoms with Gasteiger partial charge in [0, 0.05) is 19.1 Å². The third-order valence-corrected chi connectivity index (χ3v) is 3.17. The van der Waals surface area contributed by atoms with Gasteiger partial charge in [-0.2, -0.15) is 0 Å². The molecule has 0 radical (unpaired) electrons. The maximum atomic E-state index is 5.95. The van der Waals surface area contributed by atoms with Crippen LogP contribution < -0.4 is 10.5 Å². The second-order valence-electron chi connectivity index (χ2n) is 5.01. The maximum absolute atomic E-state index is 5.95. The van der Waals surface area contributed by atoms with E-state index >= 15 is 0 Å². The van der Waals surface area contributed by atoms with Gasteiger partial charge in [-0.15, -0.1) is 0 Å². The number of rotatable bonds is 7. The Balaban J connectivity index is 2.85. The summed E-state index contributed by atoms with van der Waals surface area (Å²) in [5, 5.41) is 0. The molecule has 3 nitrogen and oxygen atoms in total. The summed E-state index contributed by atoms with van der Waals surface area (Å²) >= 11 is 0. The Labute approximate surface area is 111 Å². The molecule has 3 heteroatoms. The van der Waals surface area contributed by atoms with Crippen molar-refractivity contribution < 1.29 is 4.74 Å². The minimum absolute atomic E-state index is 0.295. The smallest absolute Gasteiger partial charge is 0.118 e. The van der Waals surface area contributed by atoms with E-state index in [0.29, 0.717) is 18.5 Å². The van der Waals surface area contributed by atoms with Gasteiger partial charge in [0.15, 0.2) is 0 Å². The standard InChI is InChI=1S/C15H26N2O/c1-5-17(11-12(2)3)15(10-16)13-6-8-14(18-4)9-7-13/h6-9,12,15H,5,10-11,16H2,1-4H3. The van der Waals surface area contributed by atoms with Gasteiger partial charge in [-0.25, -0.2) is 0 Å². The van der Waals surface area contributed by atoms with Crippen molar-refractivity contribution in [3.8, 4) is 5.75 Å². The van der Waals surface area contributed by atoms with E-state index in [-0.39, 0.29) is 0 Å². The number of nitrogens with two attached hydrogens (primary N) is 1. The second-order valence-corrected chi connectivity index (χ2v) is 5.01. The third kappa shape index (κ3) is 4.00. The zero-order chi connectivity index (χ0) is 13.5. The van der Waals surface area contributed by atoms with Crippen LogP contribution >= 0.6 is 0 Å². The number of methoxy groups -OCH3 is 1. The molecular weight excluding hydrogens is 224 g/mol. The van der Waals surface area contributed by atoms with Crippen molar-refractivity contribution in [2.24, 2.45) is 11.7 Å². The Morgan fingerprint density at radius 1 is 1.22 bits per heavy atom. The van der Waals surface area contributed by atoms with Crippen molar-refractivity contribution in [2.75, 3.05) is 26.7 Å². The normalized spacial score (nSPS) is 13.1. The molecular formula is C15H26N2O. The highest BCUT2D eigenvalue weighted by molar-refractivity contribution is 5.29. The molecule has 0 bridgehead atoms. The van der Waals surface area contributed by atoms with Crippen molar-refractivity contribution in [3.05, 3.63) is 29.8 Å². The molecule has 2 N–H and O–H groups in total. The number of likely N-dealkylation sites (N-methyl/N-ethyl adjacent to an activating group) is 1. The van der Waals surface area contributed by atoms with Crippen molar-refractivity contribution in [3.63, 3.8) is 0 Å². The summed E-state index contributed by atoms with van der Waals surface area (Å²) in [6.07, 6.45) is 0. The zero-order valence-electron chi connectivity index (χ0n) is 12.0. The minimum atomic E-state index is 0.295. The van der Waals surface area contributed by atoms with Crippen LogP contribution in [0, 0.1) is 5.92 Å². The molecule has 1 aromatic rings. The Morgan fingerprint density at radius 3 is 2.22 bits per heavy atom. The van der Waals surface area contributed by atoms with Crippen LogP contribution in [0.25, 0.3) is 0 Å². The van der Waals surface area contributed by atoms with Gasteiger partial charge in [0.05, 0.1) is 7.11 Å². The summed E-state index contributed by atoms with van der Waals surface area (Å²) in [4.78, 5) is 2.44. The van der Waals surface area contributed by atoms with Crippen LogP contribution in [0.1, 0.15) is 32.4 Å². The average molecular weight is 250 g/mol. The molecule has 102 valence electrons. The van der Waals surface area contributed by atoms with Crippen molar-refractivity contribution in [1.29, 1.82) is 0 Å². The number of benzene rings is 1. The van der Waals surface area contributed by atoms with E-state index in [1.165, 1.54) is 5.56 Å². The predicted octanol–water partition coefficient (Wildman–Crippen LogP) is 2.67. The molecule has 0 saturated carbocycles. The lowest BCUT2D eigenvalue weighted by molar-refractivity contribution is 0.189. The van der Waals surface area contributed by atoms with Gasteiger partial charge in [-0.1, -0.05) is 32.9 Å². The van der Waals surface area contributed by atoms with Gasteiger partial charge in [0.1, 0.15) is 5.75 Å². The van der Waals surface area contributed by atoms with E-state index in [2.05, 4.69) is 37.8 Å². The molecule has 0 spiro atoms. The van der Waals surface area contributed by atoms with Crippen LogP contribution in [0.4, 0.5) is 0 Å². The van der Waals surface area contributed by atoms with Crippen LogP contribution in [0.2, 0.25) is 0 Å². The number of ether oxygens (including phenoxy) is 1. The second kappa shape index (κ2) is 7.39. The highest BCUT2D eigenvalue weighted by atomic mass is 16.5. The van der Waals surface area contributed by atoms with E-state index in [9.17, 15) is 0 Å². The number of hydrogen-bond acceptors (Lipinski definition) is 3. The number of hydrogen-bond donors (Lipinski definition) is 1. The van der Waals surface area contributed by atoms with E-state index < -0.39 is 0 Å². The first-order chi connectivity index (χ1) is 8.62. The highest BCUT2D eigenvalue weighted by Gasteiger charge is 2.18. The largest absolute Gasteiger partial charge is 0.497 e. The molecule has 0 aliphatic carbocycles. The fourth-order valence-corrected chi connectivity index (χ4v) is 2.27. The van der Waals surface area contributed by atoms with Crippen LogP contribution in [0.15, 0.2) is 24.3 Å². The van der Waals surface area contributed by atoms with Gasteiger partial charge >= 0.3 is 0 Å². The summed E-state index contributed by atoms with van der Waals surface area (Å²) in [5.74, 6) is 1.54. The van der Waals surface area contributed by atoms with Crippen molar-refractivity contribution >= 4 is 0 Å². The summed E-state index contributed by atoms with van der Waals surface area (Å²) in [5.41, 5.74) is 7.22. The summed E-state index contributed by atoms with van der Waals surface area (Å²) in [7, 11) is 1.69. The molecule has 1 aromatic carbocycles. The fourth-order valence-electron chi connectivity index (χ4n) is 2.27. The topological polar surface area (TPSA) is 38.5 Å². The van der Waals surface area contributed by atoms with Gasteiger partial charge in [-0.05, 0) is 30.2 Å². The SMILES string of the molecule is CCN(CC(C)C)C(CN)c1ccc(OC)cc1. The molecule has 1 rings (SSSR count). The number of nitrogens with zero attached hydrogens (tertiary/aromatic N) is 1. The van der Waals surface area contributed by atoms with E-state index in [0.717, 1.165) is 18.8 Å². The Hall–Kier alpha value is -1.06. The van der Waals surface area contributed by atoms with Gasteiger partial charge in [0.2, 0.25) is 0 Å². The van der Waals surface area contributed by atoms with Gasteiger partial charge in [0.25, 0.3) is 0 Å². The fraction of sp³-hybridized carbons (Fsp3) is 0.600. The lowest BCUT2D eigenvalue weighted by Gasteiger charge is -2.31. The van der Waals surface area contributed by atoms with Crippen LogP contribution in [-0.4, -0.2) is 31.6 Å². The first-order valence-corrected chi connectivity index (χ1v) is 6.70. The van der Waals surface area contributed by atoms with Gasteiger partial charge in [-0.3, -0.25) is 4.90 Å². The van der Waals surface area contributed by atoms with E-state index in [4.69, 9.17) is 10.5 Å². The van der Waals surface area contributed by atoms with Crippen LogP contribution in [0.3, 0.4) is 0 Å². The summed E-state index contributed by atoms with van der Waals surface area (Å²) < 4.78 is 5.19. The molecule has 0 aliphatic rings. The average Bonchev–Trinajstić information content (AvgIpc) is 2.38. The van der Waals surface area contributed by atoms with Crippen molar-refractivity contribution in [2.45, 2.75) is 26.8 Å². The van der Waals surface area contributed by atoms with Crippen molar-refractivity contribution in [1.82, 2.24) is 4.90 Å². The molecule has 1 atom stereocenters. The molecule has 18 heavy (non-hydrogen) atoms. The quantitative estimate of drug-likeness (QED) is 0.808. The molecule has 0 amide bonds. The van der Waals surface area contributed by atoms with E-state index in [1.807, 2.05) is 12.1 Å². The van der Waals surface area contributed by atoms with Crippen LogP contribution in [0.5, 0.6) is 5.75 Å². The Kier molecular flexibility index (Phi) is 6.16.